The minimum atomic E-state index is -3.61. The zero-order valence-corrected chi connectivity index (χ0v) is 15.5. The van der Waals surface area contributed by atoms with Crippen molar-refractivity contribution in [2.24, 2.45) is 0 Å². The van der Waals surface area contributed by atoms with Crippen molar-refractivity contribution in [3.05, 3.63) is 23.8 Å². The topological polar surface area (TPSA) is 66.5 Å². The smallest absolute Gasteiger partial charge is 0.255 e. The summed E-state index contributed by atoms with van der Waals surface area (Å²) in [4.78, 5) is 15.4. The minimum Gasteiger partial charge on any atom is -0.339 e. The third kappa shape index (κ3) is 4.28. The molecule has 0 saturated carbocycles. The maximum Gasteiger partial charge on any atom is 0.255 e. The van der Waals surface area contributed by atoms with Crippen LogP contribution in [0.25, 0.3) is 0 Å². The average Bonchev–Trinajstić information content (AvgIpc) is 3.07. The normalized spacial score (nSPS) is 16.6. The Morgan fingerprint density at radius 2 is 2.00 bits per heavy atom. The van der Waals surface area contributed by atoms with Crippen LogP contribution in [0.2, 0.25) is 0 Å². The zero-order valence-electron chi connectivity index (χ0n) is 13.8. The van der Waals surface area contributed by atoms with Crippen LogP contribution in [0.15, 0.2) is 28.0 Å². The molecule has 7 heteroatoms. The highest BCUT2D eigenvalue weighted by molar-refractivity contribution is 7.98. The van der Waals surface area contributed by atoms with E-state index in [2.05, 4.69) is 4.72 Å². The van der Waals surface area contributed by atoms with Gasteiger partial charge >= 0.3 is 0 Å². The first-order valence-corrected chi connectivity index (χ1v) is 10.6. The molecule has 1 aliphatic heterocycles. The van der Waals surface area contributed by atoms with Gasteiger partial charge in [-0.05, 0) is 50.6 Å². The Bertz CT molecular complexity index is 668. The quantitative estimate of drug-likeness (QED) is 0.796. The van der Waals surface area contributed by atoms with E-state index in [9.17, 15) is 13.2 Å². The van der Waals surface area contributed by atoms with Gasteiger partial charge in [0.1, 0.15) is 0 Å². The van der Waals surface area contributed by atoms with Crippen LogP contribution in [-0.4, -0.2) is 44.6 Å². The van der Waals surface area contributed by atoms with E-state index in [1.54, 1.807) is 17.0 Å². The molecule has 5 nitrogen and oxygen atoms in total. The number of hydrogen-bond acceptors (Lipinski definition) is 4. The number of rotatable bonds is 6. The molecule has 1 aromatic rings. The van der Waals surface area contributed by atoms with Crippen LogP contribution in [0.3, 0.4) is 0 Å². The molecule has 0 aliphatic carbocycles. The van der Waals surface area contributed by atoms with Crippen LogP contribution in [0.1, 0.15) is 43.5 Å². The van der Waals surface area contributed by atoms with Gasteiger partial charge < -0.3 is 4.90 Å². The summed E-state index contributed by atoms with van der Waals surface area (Å²) in [5, 5.41) is 0. The monoisotopic (exact) mass is 356 g/mol. The fourth-order valence-electron chi connectivity index (χ4n) is 2.53. The first-order valence-electron chi connectivity index (χ1n) is 7.88. The molecule has 1 aromatic carbocycles. The molecule has 1 saturated heterocycles. The lowest BCUT2D eigenvalue weighted by molar-refractivity contribution is 0.0789. The van der Waals surface area contributed by atoms with E-state index >= 15 is 0 Å². The van der Waals surface area contributed by atoms with Gasteiger partial charge in [-0.2, -0.15) is 0 Å². The lowest BCUT2D eigenvalue weighted by atomic mass is 10.2. The molecule has 23 heavy (non-hydrogen) atoms. The van der Waals surface area contributed by atoms with E-state index in [0.29, 0.717) is 12.0 Å². The largest absolute Gasteiger partial charge is 0.339 e. The molecular weight excluding hydrogens is 332 g/mol. The Kier molecular flexibility index (Phi) is 6.11. The predicted octanol–water partition coefficient (Wildman–Crippen LogP) is 2.72. The van der Waals surface area contributed by atoms with Gasteiger partial charge in [0.05, 0.1) is 10.5 Å². The highest BCUT2D eigenvalue weighted by Crippen LogP contribution is 2.26. The molecule has 0 bridgehead atoms. The van der Waals surface area contributed by atoms with Gasteiger partial charge in [-0.25, -0.2) is 13.1 Å². The van der Waals surface area contributed by atoms with Gasteiger partial charge in [-0.1, -0.05) is 6.92 Å². The Morgan fingerprint density at radius 1 is 1.35 bits per heavy atom. The van der Waals surface area contributed by atoms with Gasteiger partial charge in [-0.15, -0.1) is 11.8 Å². The maximum absolute atomic E-state index is 12.7. The van der Waals surface area contributed by atoms with E-state index in [1.165, 1.54) is 17.8 Å². The number of hydrogen-bond donors (Lipinski definition) is 1. The Balaban J connectivity index is 2.36. The van der Waals surface area contributed by atoms with Crippen molar-refractivity contribution in [2.75, 3.05) is 19.3 Å². The molecule has 128 valence electrons. The molecule has 2 rings (SSSR count). The van der Waals surface area contributed by atoms with Crippen molar-refractivity contribution in [1.82, 2.24) is 9.62 Å². The van der Waals surface area contributed by atoms with Crippen LogP contribution in [-0.2, 0) is 10.0 Å². The van der Waals surface area contributed by atoms with Gasteiger partial charge in [0.2, 0.25) is 10.0 Å². The highest BCUT2D eigenvalue weighted by Gasteiger charge is 2.24. The fourth-order valence-corrected chi connectivity index (χ4v) is 4.45. The van der Waals surface area contributed by atoms with Crippen LogP contribution < -0.4 is 4.72 Å². The second-order valence-corrected chi connectivity index (χ2v) is 8.35. The molecule has 0 unspecified atom stereocenters. The van der Waals surface area contributed by atoms with Crippen LogP contribution in [0, 0.1) is 0 Å². The number of carbonyl (C=O) groups excluding carboxylic acids is 1. The van der Waals surface area contributed by atoms with Gasteiger partial charge in [0, 0.05) is 24.0 Å². The van der Waals surface area contributed by atoms with Crippen molar-refractivity contribution in [1.29, 1.82) is 0 Å². The van der Waals surface area contributed by atoms with E-state index < -0.39 is 10.0 Å². The first-order chi connectivity index (χ1) is 10.9. The Labute approximate surface area is 142 Å². The van der Waals surface area contributed by atoms with Crippen LogP contribution in [0.4, 0.5) is 0 Å². The molecular formula is C16H24N2O3S2. The first kappa shape index (κ1) is 18.3. The molecule has 1 N–H and O–H groups in total. The van der Waals surface area contributed by atoms with Crippen molar-refractivity contribution in [3.63, 3.8) is 0 Å². The zero-order chi connectivity index (χ0) is 17.0. The second kappa shape index (κ2) is 7.68. The molecule has 1 fully saturated rings. The molecule has 0 radical (unpaired) electrons. The van der Waals surface area contributed by atoms with Crippen molar-refractivity contribution < 1.29 is 13.2 Å². The fraction of sp³-hybridized carbons (Fsp3) is 0.562. The van der Waals surface area contributed by atoms with E-state index in [0.717, 1.165) is 30.8 Å². The lowest BCUT2D eigenvalue weighted by Crippen LogP contribution is -2.32. The number of benzene rings is 1. The second-order valence-electron chi connectivity index (χ2n) is 5.79. The average molecular weight is 357 g/mol. The summed E-state index contributed by atoms with van der Waals surface area (Å²) in [5.41, 5.74) is 0.478. The van der Waals surface area contributed by atoms with E-state index in [-0.39, 0.29) is 16.8 Å². The van der Waals surface area contributed by atoms with E-state index in [1.807, 2.05) is 20.1 Å². The van der Waals surface area contributed by atoms with Gasteiger partial charge in [-0.3, -0.25) is 4.79 Å². The number of amides is 1. The number of likely N-dealkylation sites (tertiary alicyclic amines) is 1. The third-order valence-electron chi connectivity index (χ3n) is 4.07. The van der Waals surface area contributed by atoms with Gasteiger partial charge in [0.15, 0.2) is 0 Å². The van der Waals surface area contributed by atoms with Crippen molar-refractivity contribution >= 4 is 27.7 Å². The standard InChI is InChI=1S/C16H24N2O3S2/c1-4-12(2)17-23(20,21)13-7-8-15(22-3)14(11-13)16(19)18-9-5-6-10-18/h7-8,11-12,17H,4-6,9-10H2,1-3H3/t12-/m1/s1. The summed E-state index contributed by atoms with van der Waals surface area (Å²) >= 11 is 1.46. The number of nitrogens with one attached hydrogen (secondary N) is 1. The van der Waals surface area contributed by atoms with Crippen LogP contribution in [0.5, 0.6) is 0 Å². The number of sulfonamides is 1. The predicted molar refractivity (Wildman–Crippen MR) is 93.4 cm³/mol. The SMILES string of the molecule is CC[C@@H](C)NS(=O)(=O)c1ccc(SC)c(C(=O)N2CCCC2)c1. The molecule has 1 heterocycles. The maximum atomic E-state index is 12.7. The van der Waals surface area contributed by atoms with Gasteiger partial charge in [0.25, 0.3) is 5.91 Å². The number of nitrogens with zero attached hydrogens (tertiary/aromatic N) is 1. The summed E-state index contributed by atoms with van der Waals surface area (Å²) < 4.78 is 27.5. The van der Waals surface area contributed by atoms with E-state index in [4.69, 9.17) is 0 Å². The lowest BCUT2D eigenvalue weighted by Gasteiger charge is -2.18. The summed E-state index contributed by atoms with van der Waals surface area (Å²) in [7, 11) is -3.61. The third-order valence-corrected chi connectivity index (χ3v) is 6.46. The molecule has 1 atom stereocenters. The van der Waals surface area contributed by atoms with Crippen molar-refractivity contribution in [3.8, 4) is 0 Å². The highest BCUT2D eigenvalue weighted by atomic mass is 32.2. The summed E-state index contributed by atoms with van der Waals surface area (Å²) in [5.74, 6) is -0.0764. The molecule has 1 amide bonds. The molecule has 1 aliphatic rings. The summed E-state index contributed by atoms with van der Waals surface area (Å²) in [6.45, 7) is 5.24. The minimum absolute atomic E-state index is 0.0764. The number of carbonyl (C=O) groups is 1. The molecule has 0 spiro atoms. The Morgan fingerprint density at radius 3 is 2.57 bits per heavy atom. The Hall–Kier alpha value is -1.05. The summed E-state index contributed by atoms with van der Waals surface area (Å²) in [6.07, 6.45) is 4.62. The van der Waals surface area contributed by atoms with Crippen LogP contribution >= 0.6 is 11.8 Å². The van der Waals surface area contributed by atoms with Crippen molar-refractivity contribution in [2.45, 2.75) is 48.9 Å². The summed E-state index contributed by atoms with van der Waals surface area (Å²) in [6, 6.07) is 4.66. The molecule has 0 aromatic heterocycles. The number of thioether (sulfide) groups is 1.